The molecule has 36 heavy (non-hydrogen) atoms. The molecule has 6 nitrogen and oxygen atoms in total. The number of hydrogen-bond donors (Lipinski definition) is 1. The number of nitrogens with one attached hydrogen (secondary N) is 1. The molecular weight excluding hydrogens is 483 g/mol. The van der Waals surface area contributed by atoms with Gasteiger partial charge in [0.2, 0.25) is 5.91 Å². The van der Waals surface area contributed by atoms with Crippen LogP contribution in [-0.2, 0) is 20.9 Å². The van der Waals surface area contributed by atoms with Crippen LogP contribution < -0.4 is 10.1 Å². The summed E-state index contributed by atoms with van der Waals surface area (Å²) in [4.78, 5) is 28.4. The van der Waals surface area contributed by atoms with E-state index < -0.39 is 11.9 Å². The number of nitrogens with zero attached hydrogens (tertiary/aromatic N) is 1. The summed E-state index contributed by atoms with van der Waals surface area (Å²) in [7, 11) is 0. The van der Waals surface area contributed by atoms with Gasteiger partial charge in [-0.25, -0.2) is 4.39 Å². The number of hydrogen-bond acceptors (Lipinski definition) is 4. The van der Waals surface area contributed by atoms with E-state index in [2.05, 4.69) is 5.32 Å². The van der Waals surface area contributed by atoms with Gasteiger partial charge in [-0.3, -0.25) is 9.59 Å². The monoisotopic (exact) mass is 512 g/mol. The van der Waals surface area contributed by atoms with Gasteiger partial charge in [-0.1, -0.05) is 66.2 Å². The molecule has 0 heterocycles. The topological polar surface area (TPSA) is 67.9 Å². The van der Waals surface area contributed by atoms with Crippen molar-refractivity contribution in [3.8, 4) is 5.75 Å². The predicted molar refractivity (Wildman–Crippen MR) is 137 cm³/mol. The normalized spacial score (nSPS) is 11.5. The third-order valence-corrected chi connectivity index (χ3v) is 5.73. The third-order valence-electron chi connectivity index (χ3n) is 5.42. The molecule has 0 fully saturated rings. The fourth-order valence-corrected chi connectivity index (χ4v) is 3.82. The highest BCUT2D eigenvalue weighted by Crippen LogP contribution is 2.26. The molecule has 1 atom stereocenters. The van der Waals surface area contributed by atoms with Crippen LogP contribution in [0.15, 0.2) is 78.9 Å². The Bertz CT molecular complexity index is 1110. The molecule has 1 N–H and O–H groups in total. The molecule has 0 spiro atoms. The molecule has 2 amide bonds. The van der Waals surface area contributed by atoms with Gasteiger partial charge in [-0.2, -0.15) is 0 Å². The van der Waals surface area contributed by atoms with E-state index in [0.29, 0.717) is 48.1 Å². The molecule has 3 rings (SSSR count). The highest BCUT2D eigenvalue weighted by molar-refractivity contribution is 6.32. The largest absolute Gasteiger partial charge is 0.482 e. The molecule has 0 aliphatic heterocycles. The van der Waals surface area contributed by atoms with Crippen LogP contribution >= 0.6 is 11.6 Å². The standard InChI is InChI=1S/C28H30ClFN2O4/c1-2-35-18-8-17-31-28(34)27(22-9-4-3-5-10-22)32(19-21-13-15-23(30)16-14-21)26(33)20-36-25-12-7-6-11-24(25)29/h3-7,9-16,27H,2,8,17-20H2,1H3,(H,31,34). The molecular formula is C28H30ClFN2O4. The molecule has 0 aliphatic carbocycles. The summed E-state index contributed by atoms with van der Waals surface area (Å²) in [6.45, 7) is 3.19. The van der Waals surface area contributed by atoms with Crippen LogP contribution in [0.2, 0.25) is 5.02 Å². The van der Waals surface area contributed by atoms with Crippen LogP contribution in [0, 0.1) is 5.82 Å². The first-order valence-corrected chi connectivity index (χ1v) is 12.2. The second-order valence-electron chi connectivity index (χ2n) is 8.02. The molecule has 0 aromatic heterocycles. The zero-order valence-corrected chi connectivity index (χ0v) is 20.9. The molecule has 1 unspecified atom stereocenters. The number of halogens is 2. The maximum absolute atomic E-state index is 13.5. The lowest BCUT2D eigenvalue weighted by Gasteiger charge is -2.31. The smallest absolute Gasteiger partial charge is 0.261 e. The number of para-hydroxylation sites is 1. The van der Waals surface area contributed by atoms with E-state index in [1.165, 1.54) is 17.0 Å². The Morgan fingerprint density at radius 3 is 2.39 bits per heavy atom. The van der Waals surface area contributed by atoms with Crippen molar-refractivity contribution in [2.24, 2.45) is 0 Å². The Morgan fingerprint density at radius 1 is 1.00 bits per heavy atom. The molecule has 0 saturated carbocycles. The highest BCUT2D eigenvalue weighted by Gasteiger charge is 2.31. The van der Waals surface area contributed by atoms with E-state index in [1.54, 1.807) is 48.5 Å². The van der Waals surface area contributed by atoms with E-state index in [-0.39, 0.29) is 24.9 Å². The molecule has 0 bridgehead atoms. The number of ether oxygens (including phenoxy) is 2. The molecule has 0 saturated heterocycles. The summed E-state index contributed by atoms with van der Waals surface area (Å²) in [6.07, 6.45) is 0.641. The fraction of sp³-hybridized carbons (Fsp3) is 0.286. The van der Waals surface area contributed by atoms with Crippen molar-refractivity contribution in [2.75, 3.05) is 26.4 Å². The van der Waals surface area contributed by atoms with Gasteiger partial charge in [0, 0.05) is 26.3 Å². The Kier molecular flexibility index (Phi) is 10.7. The molecule has 3 aromatic rings. The van der Waals surface area contributed by atoms with Crippen LogP contribution in [-0.4, -0.2) is 43.1 Å². The summed E-state index contributed by atoms with van der Waals surface area (Å²) in [6, 6.07) is 20.8. The summed E-state index contributed by atoms with van der Waals surface area (Å²) in [5, 5.41) is 3.30. The summed E-state index contributed by atoms with van der Waals surface area (Å²) >= 11 is 6.17. The number of carbonyl (C=O) groups excluding carboxylic acids is 2. The van der Waals surface area contributed by atoms with E-state index >= 15 is 0 Å². The van der Waals surface area contributed by atoms with E-state index in [9.17, 15) is 14.0 Å². The van der Waals surface area contributed by atoms with Crippen LogP contribution in [0.4, 0.5) is 4.39 Å². The van der Waals surface area contributed by atoms with Crippen molar-refractivity contribution in [2.45, 2.75) is 25.9 Å². The lowest BCUT2D eigenvalue weighted by atomic mass is 10.0. The third kappa shape index (κ3) is 8.07. The van der Waals surface area contributed by atoms with Crippen molar-refractivity contribution in [3.63, 3.8) is 0 Å². The predicted octanol–water partition coefficient (Wildman–Crippen LogP) is 5.17. The van der Waals surface area contributed by atoms with Gasteiger partial charge in [0.05, 0.1) is 5.02 Å². The maximum atomic E-state index is 13.5. The minimum Gasteiger partial charge on any atom is -0.482 e. The van der Waals surface area contributed by atoms with E-state index in [1.807, 2.05) is 25.1 Å². The molecule has 0 radical (unpaired) electrons. The van der Waals surface area contributed by atoms with Crippen molar-refractivity contribution >= 4 is 23.4 Å². The van der Waals surface area contributed by atoms with E-state index in [4.69, 9.17) is 21.1 Å². The minimum absolute atomic E-state index is 0.0803. The van der Waals surface area contributed by atoms with Crippen LogP contribution in [0.1, 0.15) is 30.5 Å². The van der Waals surface area contributed by atoms with Crippen molar-refractivity contribution in [3.05, 3.63) is 101 Å². The molecule has 8 heteroatoms. The van der Waals surface area contributed by atoms with Gasteiger partial charge >= 0.3 is 0 Å². The summed E-state index contributed by atoms with van der Waals surface area (Å²) in [5.74, 6) is -0.764. The maximum Gasteiger partial charge on any atom is 0.261 e. The van der Waals surface area contributed by atoms with Crippen molar-refractivity contribution < 1.29 is 23.5 Å². The van der Waals surface area contributed by atoms with Crippen molar-refractivity contribution in [1.29, 1.82) is 0 Å². The van der Waals surface area contributed by atoms with Crippen LogP contribution in [0.3, 0.4) is 0 Å². The highest BCUT2D eigenvalue weighted by atomic mass is 35.5. The average Bonchev–Trinajstić information content (AvgIpc) is 2.89. The lowest BCUT2D eigenvalue weighted by molar-refractivity contribution is -0.143. The quantitative estimate of drug-likeness (QED) is 0.321. The molecule has 0 aliphatic rings. The van der Waals surface area contributed by atoms with Crippen LogP contribution in [0.5, 0.6) is 5.75 Å². The fourth-order valence-electron chi connectivity index (χ4n) is 3.63. The van der Waals surface area contributed by atoms with Gasteiger partial charge in [0.1, 0.15) is 17.6 Å². The average molecular weight is 513 g/mol. The van der Waals surface area contributed by atoms with E-state index in [0.717, 1.165) is 0 Å². The number of rotatable bonds is 13. The number of carbonyl (C=O) groups is 2. The van der Waals surface area contributed by atoms with Gasteiger partial charge in [0.15, 0.2) is 6.61 Å². The molecule has 190 valence electrons. The van der Waals surface area contributed by atoms with Gasteiger partial charge < -0.3 is 19.7 Å². The SMILES string of the molecule is CCOCCCNC(=O)C(c1ccccc1)N(Cc1ccc(F)cc1)C(=O)COc1ccccc1Cl. The van der Waals surface area contributed by atoms with Crippen LogP contribution in [0.25, 0.3) is 0 Å². The number of amides is 2. The first kappa shape index (κ1) is 27.2. The molecule has 3 aromatic carbocycles. The zero-order chi connectivity index (χ0) is 25.8. The van der Waals surface area contributed by atoms with Crippen molar-refractivity contribution in [1.82, 2.24) is 10.2 Å². The van der Waals surface area contributed by atoms with Gasteiger partial charge in [-0.15, -0.1) is 0 Å². The lowest BCUT2D eigenvalue weighted by Crippen LogP contribution is -2.45. The Labute approximate surface area is 216 Å². The Balaban J connectivity index is 1.87. The van der Waals surface area contributed by atoms with Gasteiger partial charge in [0.25, 0.3) is 5.91 Å². The first-order valence-electron chi connectivity index (χ1n) is 11.8. The summed E-state index contributed by atoms with van der Waals surface area (Å²) < 4.78 is 24.6. The second kappa shape index (κ2) is 14.2. The number of benzene rings is 3. The zero-order valence-electron chi connectivity index (χ0n) is 20.2. The second-order valence-corrected chi connectivity index (χ2v) is 8.43. The Hall–Kier alpha value is -3.42. The Morgan fingerprint density at radius 2 is 1.69 bits per heavy atom. The minimum atomic E-state index is -0.925. The first-order chi connectivity index (χ1) is 17.5. The summed E-state index contributed by atoms with van der Waals surface area (Å²) in [5.41, 5.74) is 1.32. The van der Waals surface area contributed by atoms with Gasteiger partial charge in [-0.05, 0) is 48.7 Å².